The van der Waals surface area contributed by atoms with Crippen molar-refractivity contribution in [2.75, 3.05) is 19.7 Å². The number of nitrogens with one attached hydrogen (secondary N) is 2. The van der Waals surface area contributed by atoms with Crippen molar-refractivity contribution in [1.29, 1.82) is 0 Å². The lowest BCUT2D eigenvalue weighted by atomic mass is 9.91. The summed E-state index contributed by atoms with van der Waals surface area (Å²) in [5, 5.41) is 15.6. The third-order valence-electron chi connectivity index (χ3n) is 3.71. The number of hydrogen-bond acceptors (Lipinski definition) is 3. The van der Waals surface area contributed by atoms with Gasteiger partial charge in [-0.1, -0.05) is 13.8 Å². The first-order chi connectivity index (χ1) is 7.67. The van der Waals surface area contributed by atoms with Gasteiger partial charge in [-0.25, -0.2) is 0 Å². The Morgan fingerprint density at radius 3 is 2.62 bits per heavy atom. The summed E-state index contributed by atoms with van der Waals surface area (Å²) in [6, 6.07) is 0. The Bertz CT molecular complexity index is 213. The molecule has 0 aromatic rings. The molecule has 1 saturated heterocycles. The molecule has 1 aliphatic rings. The molecule has 0 spiro atoms. The van der Waals surface area contributed by atoms with Crippen LogP contribution in [0.4, 0.5) is 0 Å². The fourth-order valence-electron chi connectivity index (χ4n) is 2.13. The van der Waals surface area contributed by atoms with Gasteiger partial charge >= 0.3 is 0 Å². The molecule has 1 rings (SSSR count). The first-order valence-corrected chi connectivity index (χ1v) is 6.31. The van der Waals surface area contributed by atoms with Crippen molar-refractivity contribution >= 4 is 5.91 Å². The molecule has 4 heteroatoms. The van der Waals surface area contributed by atoms with Crippen LogP contribution in [0, 0.1) is 5.92 Å². The molecule has 0 bridgehead atoms. The van der Waals surface area contributed by atoms with Gasteiger partial charge in [-0.15, -0.1) is 0 Å². The van der Waals surface area contributed by atoms with Crippen molar-refractivity contribution < 1.29 is 9.90 Å². The summed E-state index contributed by atoms with van der Waals surface area (Å²) in [7, 11) is 0. The van der Waals surface area contributed by atoms with Crippen LogP contribution in [0.5, 0.6) is 0 Å². The summed E-state index contributed by atoms with van der Waals surface area (Å²) in [6.07, 6.45) is 3.55. The molecule has 1 amide bonds. The fraction of sp³-hybridized carbons (Fsp3) is 0.917. The minimum Gasteiger partial charge on any atom is -0.394 e. The molecule has 1 atom stereocenters. The van der Waals surface area contributed by atoms with Crippen LogP contribution in [-0.2, 0) is 4.79 Å². The van der Waals surface area contributed by atoms with Gasteiger partial charge in [0.15, 0.2) is 0 Å². The van der Waals surface area contributed by atoms with E-state index in [0.29, 0.717) is 0 Å². The molecule has 0 aromatic carbocycles. The molecule has 94 valence electrons. The van der Waals surface area contributed by atoms with E-state index in [1.54, 1.807) is 0 Å². The average molecular weight is 228 g/mol. The molecular weight excluding hydrogens is 204 g/mol. The Morgan fingerprint density at radius 2 is 2.19 bits per heavy atom. The van der Waals surface area contributed by atoms with E-state index in [-0.39, 0.29) is 18.4 Å². The highest BCUT2D eigenvalue weighted by atomic mass is 16.3. The zero-order valence-electron chi connectivity index (χ0n) is 10.4. The quantitative estimate of drug-likeness (QED) is 0.647. The highest BCUT2D eigenvalue weighted by Gasteiger charge is 2.30. The number of aliphatic hydroxyl groups is 1. The van der Waals surface area contributed by atoms with Crippen LogP contribution >= 0.6 is 0 Å². The number of hydrogen-bond donors (Lipinski definition) is 3. The Kier molecular flexibility index (Phi) is 5.22. The molecule has 0 radical (unpaired) electrons. The SMILES string of the molecule is CCC(CC)(CO)NC(=O)C1CCCNC1. The van der Waals surface area contributed by atoms with Crippen LogP contribution < -0.4 is 10.6 Å². The van der Waals surface area contributed by atoms with Gasteiger partial charge in [0.1, 0.15) is 0 Å². The van der Waals surface area contributed by atoms with E-state index < -0.39 is 5.54 Å². The van der Waals surface area contributed by atoms with Gasteiger partial charge in [0, 0.05) is 6.54 Å². The van der Waals surface area contributed by atoms with Crippen molar-refractivity contribution in [3.8, 4) is 0 Å². The summed E-state index contributed by atoms with van der Waals surface area (Å²) in [5.41, 5.74) is -0.422. The van der Waals surface area contributed by atoms with Crippen LogP contribution in [0.25, 0.3) is 0 Å². The number of amides is 1. The number of aliphatic hydroxyl groups excluding tert-OH is 1. The topological polar surface area (TPSA) is 61.4 Å². The van der Waals surface area contributed by atoms with Crippen LogP contribution in [0.3, 0.4) is 0 Å². The van der Waals surface area contributed by atoms with Crippen molar-refractivity contribution in [1.82, 2.24) is 10.6 Å². The summed E-state index contributed by atoms with van der Waals surface area (Å²) < 4.78 is 0. The number of piperidine rings is 1. The van der Waals surface area contributed by atoms with Gasteiger partial charge in [0.05, 0.1) is 18.1 Å². The Morgan fingerprint density at radius 1 is 1.50 bits per heavy atom. The minimum atomic E-state index is -0.422. The molecule has 1 fully saturated rings. The fourth-order valence-corrected chi connectivity index (χ4v) is 2.13. The molecule has 0 saturated carbocycles. The highest BCUT2D eigenvalue weighted by molar-refractivity contribution is 5.79. The molecule has 1 unspecified atom stereocenters. The number of carbonyl (C=O) groups excluding carboxylic acids is 1. The molecule has 16 heavy (non-hydrogen) atoms. The minimum absolute atomic E-state index is 0.0197. The predicted octanol–water partition coefficient (Wildman–Crippen LogP) is 0.653. The van der Waals surface area contributed by atoms with Gasteiger partial charge in [-0.2, -0.15) is 0 Å². The highest BCUT2D eigenvalue weighted by Crippen LogP contribution is 2.17. The third-order valence-corrected chi connectivity index (χ3v) is 3.71. The molecule has 4 nitrogen and oxygen atoms in total. The first-order valence-electron chi connectivity index (χ1n) is 6.31. The normalized spacial score (nSPS) is 21.8. The lowest BCUT2D eigenvalue weighted by Gasteiger charge is -2.33. The average Bonchev–Trinajstić information content (AvgIpc) is 2.37. The monoisotopic (exact) mass is 228 g/mol. The standard InChI is InChI=1S/C12H24N2O2/c1-3-12(4-2,9-15)14-11(16)10-6-5-7-13-8-10/h10,13,15H,3-9H2,1-2H3,(H,14,16). The summed E-state index contributed by atoms with van der Waals surface area (Å²) in [5.74, 6) is 0.155. The van der Waals surface area contributed by atoms with E-state index in [2.05, 4.69) is 10.6 Å². The molecule has 0 aliphatic carbocycles. The van der Waals surface area contributed by atoms with Crippen molar-refractivity contribution in [3.63, 3.8) is 0 Å². The van der Waals surface area contributed by atoms with E-state index in [9.17, 15) is 9.90 Å². The van der Waals surface area contributed by atoms with Crippen molar-refractivity contribution in [2.45, 2.75) is 45.1 Å². The summed E-state index contributed by atoms with van der Waals surface area (Å²) >= 11 is 0. The summed E-state index contributed by atoms with van der Waals surface area (Å²) in [4.78, 5) is 12.0. The van der Waals surface area contributed by atoms with E-state index >= 15 is 0 Å². The van der Waals surface area contributed by atoms with E-state index in [1.165, 1.54) is 0 Å². The smallest absolute Gasteiger partial charge is 0.224 e. The Balaban J connectivity index is 2.53. The lowest BCUT2D eigenvalue weighted by molar-refractivity contribution is -0.128. The third kappa shape index (κ3) is 3.19. The Labute approximate surface area is 97.8 Å². The van der Waals surface area contributed by atoms with Gasteiger partial charge in [-0.05, 0) is 32.2 Å². The molecule has 1 aliphatic heterocycles. The zero-order chi connectivity index (χ0) is 12.0. The van der Waals surface area contributed by atoms with Crippen LogP contribution in [0.15, 0.2) is 0 Å². The van der Waals surface area contributed by atoms with E-state index in [4.69, 9.17) is 0 Å². The molecule has 3 N–H and O–H groups in total. The Hall–Kier alpha value is -0.610. The largest absolute Gasteiger partial charge is 0.394 e. The molecule has 0 aromatic heterocycles. The summed E-state index contributed by atoms with van der Waals surface area (Å²) in [6.45, 7) is 5.79. The maximum atomic E-state index is 12.0. The predicted molar refractivity (Wildman–Crippen MR) is 64.1 cm³/mol. The molecule has 1 heterocycles. The van der Waals surface area contributed by atoms with E-state index in [1.807, 2.05) is 13.8 Å². The van der Waals surface area contributed by atoms with Crippen molar-refractivity contribution in [2.24, 2.45) is 5.92 Å². The number of rotatable bonds is 5. The maximum absolute atomic E-state index is 12.0. The van der Waals surface area contributed by atoms with E-state index in [0.717, 1.165) is 38.8 Å². The maximum Gasteiger partial charge on any atom is 0.224 e. The van der Waals surface area contributed by atoms with Gasteiger partial charge in [0.2, 0.25) is 5.91 Å². The van der Waals surface area contributed by atoms with Gasteiger partial charge in [-0.3, -0.25) is 4.79 Å². The lowest BCUT2D eigenvalue weighted by Crippen LogP contribution is -2.54. The second-order valence-electron chi connectivity index (χ2n) is 4.68. The van der Waals surface area contributed by atoms with Crippen molar-refractivity contribution in [3.05, 3.63) is 0 Å². The molecular formula is C12H24N2O2. The first kappa shape index (κ1) is 13.5. The van der Waals surface area contributed by atoms with Gasteiger partial charge < -0.3 is 15.7 Å². The van der Waals surface area contributed by atoms with Crippen LogP contribution in [-0.4, -0.2) is 36.2 Å². The van der Waals surface area contributed by atoms with Crippen LogP contribution in [0.2, 0.25) is 0 Å². The van der Waals surface area contributed by atoms with Crippen LogP contribution in [0.1, 0.15) is 39.5 Å². The second kappa shape index (κ2) is 6.21. The van der Waals surface area contributed by atoms with Gasteiger partial charge in [0.25, 0.3) is 0 Å². The zero-order valence-corrected chi connectivity index (χ0v) is 10.4. The second-order valence-corrected chi connectivity index (χ2v) is 4.68. The number of carbonyl (C=O) groups is 1.